The number of anilines is 2. The van der Waals surface area contributed by atoms with Gasteiger partial charge in [0.15, 0.2) is 0 Å². The molecule has 2 N–H and O–H groups in total. The van der Waals surface area contributed by atoms with Crippen LogP contribution in [0.25, 0.3) is 0 Å². The molecule has 1 aliphatic rings. The molecule has 0 atom stereocenters. The van der Waals surface area contributed by atoms with Crippen LogP contribution in [0.15, 0.2) is 36.9 Å². The fourth-order valence-electron chi connectivity index (χ4n) is 2.77. The minimum absolute atomic E-state index is 0.859. The summed E-state index contributed by atoms with van der Waals surface area (Å²) >= 11 is 0. The average molecular weight is 257 g/mol. The van der Waals surface area contributed by atoms with Gasteiger partial charge in [0.05, 0.1) is 13.6 Å². The Morgan fingerprint density at radius 3 is 3.00 bits per heavy atom. The largest absolute Gasteiger partial charge is 0.399 e. The molecule has 0 saturated carbocycles. The van der Waals surface area contributed by atoms with Crippen LogP contribution in [0.4, 0.5) is 11.4 Å². The minimum atomic E-state index is 0.859. The van der Waals surface area contributed by atoms with Gasteiger partial charge in [-0.2, -0.15) is 0 Å². The van der Waals surface area contributed by atoms with Crippen LogP contribution >= 0.6 is 0 Å². The van der Waals surface area contributed by atoms with E-state index in [1.165, 1.54) is 24.1 Å². The molecule has 2 aromatic rings. The molecule has 4 heteroatoms. The summed E-state index contributed by atoms with van der Waals surface area (Å²) in [6.45, 7) is 3.17. The van der Waals surface area contributed by atoms with Crippen molar-refractivity contribution in [3.8, 4) is 0 Å². The third kappa shape index (κ3) is 2.57. The molecule has 0 saturated heterocycles. The monoisotopic (exact) mass is 257 g/mol. The van der Waals surface area contributed by atoms with E-state index in [4.69, 9.17) is 5.73 Å². The SMILES string of the molecule is C[n+]1ccn(CCN2CCCc3ccc(N)cc32)c1. The van der Waals surface area contributed by atoms with E-state index in [2.05, 4.69) is 44.9 Å². The highest BCUT2D eigenvalue weighted by molar-refractivity contribution is 5.62. The third-order valence-corrected chi connectivity index (χ3v) is 3.78. The van der Waals surface area contributed by atoms with Crippen molar-refractivity contribution in [2.24, 2.45) is 7.05 Å². The van der Waals surface area contributed by atoms with Gasteiger partial charge in [0.1, 0.15) is 18.9 Å². The second kappa shape index (κ2) is 4.96. The van der Waals surface area contributed by atoms with Crippen LogP contribution in [0, 0.1) is 0 Å². The molecule has 1 aromatic carbocycles. The molecular weight excluding hydrogens is 236 g/mol. The highest BCUT2D eigenvalue weighted by Crippen LogP contribution is 2.28. The molecule has 100 valence electrons. The van der Waals surface area contributed by atoms with Gasteiger partial charge in [0, 0.05) is 17.9 Å². The maximum absolute atomic E-state index is 5.92. The van der Waals surface area contributed by atoms with Crippen molar-refractivity contribution in [2.45, 2.75) is 19.4 Å². The Bertz CT molecular complexity index is 573. The van der Waals surface area contributed by atoms with Gasteiger partial charge in [0.2, 0.25) is 6.33 Å². The van der Waals surface area contributed by atoms with Crippen molar-refractivity contribution in [1.29, 1.82) is 0 Å². The van der Waals surface area contributed by atoms with E-state index in [1.807, 2.05) is 13.1 Å². The highest BCUT2D eigenvalue weighted by atomic mass is 15.2. The number of hydrogen-bond acceptors (Lipinski definition) is 2. The summed E-state index contributed by atoms with van der Waals surface area (Å²) in [7, 11) is 2.05. The zero-order chi connectivity index (χ0) is 13.2. The summed E-state index contributed by atoms with van der Waals surface area (Å²) < 4.78 is 4.29. The van der Waals surface area contributed by atoms with Crippen molar-refractivity contribution >= 4 is 11.4 Å². The van der Waals surface area contributed by atoms with Gasteiger partial charge < -0.3 is 10.6 Å². The summed E-state index contributed by atoms with van der Waals surface area (Å²) in [5.41, 5.74) is 9.53. The van der Waals surface area contributed by atoms with Gasteiger partial charge in [-0.1, -0.05) is 6.07 Å². The third-order valence-electron chi connectivity index (χ3n) is 3.78. The molecule has 0 unspecified atom stereocenters. The Balaban J connectivity index is 1.74. The number of imidazole rings is 1. The number of nitrogens with zero attached hydrogens (tertiary/aromatic N) is 3. The number of aromatic nitrogens is 2. The van der Waals surface area contributed by atoms with Gasteiger partial charge in [-0.15, -0.1) is 0 Å². The zero-order valence-corrected chi connectivity index (χ0v) is 11.4. The first-order valence-corrected chi connectivity index (χ1v) is 6.87. The van der Waals surface area contributed by atoms with Crippen molar-refractivity contribution in [1.82, 2.24) is 4.57 Å². The predicted molar refractivity (Wildman–Crippen MR) is 77.0 cm³/mol. The van der Waals surface area contributed by atoms with Crippen LogP contribution in [0.3, 0.4) is 0 Å². The molecule has 0 radical (unpaired) electrons. The Morgan fingerprint density at radius 1 is 1.32 bits per heavy atom. The van der Waals surface area contributed by atoms with Crippen molar-refractivity contribution in [3.05, 3.63) is 42.5 Å². The average Bonchev–Trinajstić information content (AvgIpc) is 2.82. The molecule has 0 bridgehead atoms. The van der Waals surface area contributed by atoms with E-state index in [-0.39, 0.29) is 0 Å². The molecule has 19 heavy (non-hydrogen) atoms. The van der Waals surface area contributed by atoms with Crippen LogP contribution in [0.2, 0.25) is 0 Å². The van der Waals surface area contributed by atoms with Crippen molar-refractivity contribution < 1.29 is 4.57 Å². The zero-order valence-electron chi connectivity index (χ0n) is 11.4. The molecule has 1 aliphatic heterocycles. The molecule has 0 aliphatic carbocycles. The lowest BCUT2D eigenvalue weighted by atomic mass is 10.0. The van der Waals surface area contributed by atoms with Gasteiger partial charge in [0.25, 0.3) is 0 Å². The van der Waals surface area contributed by atoms with Gasteiger partial charge in [-0.25, -0.2) is 9.13 Å². The first-order chi connectivity index (χ1) is 9.22. The van der Waals surface area contributed by atoms with E-state index in [1.54, 1.807) is 0 Å². The second-order valence-electron chi connectivity index (χ2n) is 5.30. The number of nitrogen functional groups attached to an aromatic ring is 1. The predicted octanol–water partition coefficient (Wildman–Crippen LogP) is 1.35. The Kier molecular flexibility index (Phi) is 3.15. The van der Waals surface area contributed by atoms with E-state index in [9.17, 15) is 0 Å². The van der Waals surface area contributed by atoms with Crippen LogP contribution in [0.5, 0.6) is 0 Å². The standard InChI is InChI=1S/C15H21N4/c1-17-7-8-18(12-17)9-10-19-6-2-3-13-4-5-14(16)11-15(13)19/h4-5,7-8,11-12H,2-3,6,9-10,16H2,1H3/q+1. The lowest BCUT2D eigenvalue weighted by Crippen LogP contribution is -2.32. The molecule has 1 aromatic heterocycles. The van der Waals surface area contributed by atoms with Gasteiger partial charge in [-0.05, 0) is 30.5 Å². The quantitative estimate of drug-likeness (QED) is 0.666. The number of fused-ring (bicyclic) bond motifs is 1. The van der Waals surface area contributed by atoms with Crippen molar-refractivity contribution in [3.63, 3.8) is 0 Å². The number of aryl methyl sites for hydroxylation is 2. The molecule has 0 fully saturated rings. The number of hydrogen-bond donors (Lipinski definition) is 1. The summed E-state index contributed by atoms with van der Waals surface area (Å²) in [5, 5.41) is 0. The fraction of sp³-hybridized carbons (Fsp3) is 0.400. The first kappa shape index (κ1) is 12.1. The highest BCUT2D eigenvalue weighted by Gasteiger charge is 2.17. The van der Waals surface area contributed by atoms with E-state index >= 15 is 0 Å². The number of rotatable bonds is 3. The maximum atomic E-state index is 5.92. The van der Waals surface area contributed by atoms with Crippen LogP contribution < -0.4 is 15.2 Å². The van der Waals surface area contributed by atoms with E-state index in [0.717, 1.165) is 25.3 Å². The van der Waals surface area contributed by atoms with Crippen LogP contribution in [-0.2, 0) is 20.0 Å². The molecular formula is C15H21N4+. The summed E-state index contributed by atoms with van der Waals surface area (Å²) in [5.74, 6) is 0. The Hall–Kier alpha value is -1.97. The molecule has 3 rings (SSSR count). The maximum Gasteiger partial charge on any atom is 0.243 e. The minimum Gasteiger partial charge on any atom is -0.399 e. The van der Waals surface area contributed by atoms with E-state index < -0.39 is 0 Å². The molecule has 4 nitrogen and oxygen atoms in total. The lowest BCUT2D eigenvalue weighted by Gasteiger charge is -2.31. The summed E-state index contributed by atoms with van der Waals surface area (Å²) in [4.78, 5) is 2.45. The number of benzene rings is 1. The fourth-order valence-corrected chi connectivity index (χ4v) is 2.77. The summed E-state index contributed by atoms with van der Waals surface area (Å²) in [6.07, 6.45) is 8.71. The van der Waals surface area contributed by atoms with Gasteiger partial charge in [-0.3, -0.25) is 0 Å². The van der Waals surface area contributed by atoms with E-state index in [0.29, 0.717) is 0 Å². The first-order valence-electron chi connectivity index (χ1n) is 6.87. The van der Waals surface area contributed by atoms with Gasteiger partial charge >= 0.3 is 0 Å². The topological polar surface area (TPSA) is 38.1 Å². The lowest BCUT2D eigenvalue weighted by molar-refractivity contribution is -0.671. The normalized spacial score (nSPS) is 14.5. The molecule has 2 heterocycles. The van der Waals surface area contributed by atoms with Crippen molar-refractivity contribution in [2.75, 3.05) is 23.7 Å². The van der Waals surface area contributed by atoms with Crippen LogP contribution in [0.1, 0.15) is 12.0 Å². The number of nitrogens with two attached hydrogens (primary N) is 1. The smallest absolute Gasteiger partial charge is 0.243 e. The molecule has 0 spiro atoms. The Morgan fingerprint density at radius 2 is 2.21 bits per heavy atom. The Labute approximate surface area is 114 Å². The second-order valence-corrected chi connectivity index (χ2v) is 5.30. The summed E-state index contributed by atoms with van der Waals surface area (Å²) in [6, 6.07) is 6.30. The van der Waals surface area contributed by atoms with Crippen LogP contribution in [-0.4, -0.2) is 17.7 Å². The molecule has 0 amide bonds.